The topological polar surface area (TPSA) is 21.3 Å². The molecule has 0 unspecified atom stereocenters. The molecule has 0 saturated carbocycles. The van der Waals surface area contributed by atoms with E-state index in [1.165, 1.54) is 0 Å². The summed E-state index contributed by atoms with van der Waals surface area (Å²) in [6.07, 6.45) is -0.427. The molecule has 0 aromatic heterocycles. The van der Waals surface area contributed by atoms with Crippen LogP contribution in [0.25, 0.3) is 0 Å². The number of hydrogen-bond acceptors (Lipinski definition) is 2. The molecule has 0 bridgehead atoms. The van der Waals surface area contributed by atoms with Crippen molar-refractivity contribution in [1.82, 2.24) is 5.32 Å². The first-order valence-electron chi connectivity index (χ1n) is 7.04. The maximum absolute atomic E-state index is 12.7. The average molecular weight is 307 g/mol. The summed E-state index contributed by atoms with van der Waals surface area (Å²) in [5.41, 5.74) is 0.737. The Kier molecular flexibility index (Phi) is 7.50. The fourth-order valence-corrected chi connectivity index (χ4v) is 1.70. The van der Waals surface area contributed by atoms with Gasteiger partial charge in [-0.05, 0) is 24.1 Å². The normalized spacial score (nSPS) is 11.9. The van der Waals surface area contributed by atoms with E-state index in [2.05, 4.69) is 12.2 Å². The summed E-state index contributed by atoms with van der Waals surface area (Å²) in [7, 11) is 0. The molecule has 1 N–H and O–H groups in total. The van der Waals surface area contributed by atoms with Gasteiger partial charge in [0.1, 0.15) is 5.75 Å². The van der Waals surface area contributed by atoms with Crippen LogP contribution in [0.3, 0.4) is 0 Å². The second-order valence-corrected chi connectivity index (χ2v) is 4.86. The zero-order chi connectivity index (χ0) is 15.7. The van der Waals surface area contributed by atoms with Crippen molar-refractivity contribution < 1.29 is 22.3 Å². The minimum Gasteiger partial charge on any atom is -0.494 e. The number of unbranched alkanes of at least 4 members (excludes halogenated alkanes) is 2. The smallest absolute Gasteiger partial charge is 0.319 e. The van der Waals surface area contributed by atoms with E-state index in [9.17, 15) is 17.6 Å². The van der Waals surface area contributed by atoms with Crippen LogP contribution in [0.15, 0.2) is 24.3 Å². The van der Waals surface area contributed by atoms with Crippen LogP contribution in [0.1, 0.15) is 31.7 Å². The Hall–Kier alpha value is -1.30. The highest BCUT2D eigenvalue weighted by atomic mass is 19.3. The largest absolute Gasteiger partial charge is 0.494 e. The maximum Gasteiger partial charge on any atom is 0.319 e. The Balaban J connectivity index is 2.31. The molecule has 0 aliphatic heterocycles. The van der Waals surface area contributed by atoms with E-state index in [0.717, 1.165) is 24.8 Å². The van der Waals surface area contributed by atoms with Gasteiger partial charge in [0.25, 0.3) is 0 Å². The summed E-state index contributed by atoms with van der Waals surface area (Å²) < 4.78 is 54.8. The van der Waals surface area contributed by atoms with Gasteiger partial charge >= 0.3 is 12.3 Å². The summed E-state index contributed by atoms with van der Waals surface area (Å²) in [6.45, 7) is 1.82. The van der Waals surface area contributed by atoms with Gasteiger partial charge in [0.05, 0.1) is 13.2 Å². The molecule has 21 heavy (non-hydrogen) atoms. The second-order valence-electron chi connectivity index (χ2n) is 4.86. The molecule has 0 amide bonds. The van der Waals surface area contributed by atoms with Crippen LogP contribution in [0, 0.1) is 0 Å². The highest BCUT2D eigenvalue weighted by Crippen LogP contribution is 2.21. The van der Waals surface area contributed by atoms with E-state index in [1.807, 2.05) is 0 Å². The third kappa shape index (κ3) is 6.80. The van der Waals surface area contributed by atoms with Gasteiger partial charge < -0.3 is 10.1 Å². The Bertz CT molecular complexity index is 395. The fraction of sp³-hybridized carbons (Fsp3) is 0.600. The number of halogens is 4. The first kappa shape index (κ1) is 17.8. The molecule has 0 aliphatic rings. The average Bonchev–Trinajstić information content (AvgIpc) is 2.45. The van der Waals surface area contributed by atoms with Crippen molar-refractivity contribution in [1.29, 1.82) is 0 Å². The van der Waals surface area contributed by atoms with Gasteiger partial charge in [-0.2, -0.15) is 8.78 Å². The highest BCUT2D eigenvalue weighted by molar-refractivity contribution is 5.27. The van der Waals surface area contributed by atoms with E-state index in [0.29, 0.717) is 12.4 Å². The molecule has 0 fully saturated rings. The molecular weight excluding hydrogens is 286 g/mol. The van der Waals surface area contributed by atoms with E-state index in [4.69, 9.17) is 4.74 Å². The lowest BCUT2D eigenvalue weighted by Crippen LogP contribution is -2.38. The van der Waals surface area contributed by atoms with Crippen molar-refractivity contribution >= 4 is 0 Å². The molecule has 1 aromatic rings. The van der Waals surface area contributed by atoms with Gasteiger partial charge in [0.15, 0.2) is 0 Å². The molecule has 2 nitrogen and oxygen atoms in total. The number of rotatable bonds is 10. The lowest BCUT2D eigenvalue weighted by atomic mass is 10.2. The zero-order valence-corrected chi connectivity index (χ0v) is 12.0. The monoisotopic (exact) mass is 307 g/mol. The van der Waals surface area contributed by atoms with Gasteiger partial charge in [-0.3, -0.25) is 0 Å². The van der Waals surface area contributed by atoms with Crippen molar-refractivity contribution in [3.8, 4) is 5.75 Å². The highest BCUT2D eigenvalue weighted by Gasteiger charge is 2.39. The van der Waals surface area contributed by atoms with Gasteiger partial charge in [0.2, 0.25) is 0 Å². The molecular formula is C15H21F4NO. The van der Waals surface area contributed by atoms with Crippen LogP contribution < -0.4 is 10.1 Å². The molecule has 0 atom stereocenters. The van der Waals surface area contributed by atoms with E-state index < -0.39 is 18.9 Å². The molecule has 6 heteroatoms. The third-order valence-corrected chi connectivity index (χ3v) is 2.95. The predicted octanol–water partition coefficient (Wildman–Crippen LogP) is 4.25. The lowest BCUT2D eigenvalue weighted by molar-refractivity contribution is -0.125. The summed E-state index contributed by atoms with van der Waals surface area (Å²) in [5.74, 6) is -3.28. The molecule has 0 radical (unpaired) electrons. The number of benzene rings is 1. The first-order chi connectivity index (χ1) is 9.95. The van der Waals surface area contributed by atoms with Gasteiger partial charge in [-0.1, -0.05) is 31.9 Å². The molecule has 0 spiro atoms. The van der Waals surface area contributed by atoms with Crippen molar-refractivity contribution in [2.75, 3.05) is 13.2 Å². The van der Waals surface area contributed by atoms with E-state index in [-0.39, 0.29) is 6.54 Å². The van der Waals surface area contributed by atoms with Crippen molar-refractivity contribution in [2.45, 2.75) is 45.1 Å². The number of alkyl halides is 4. The number of ether oxygens (including phenoxy) is 1. The Morgan fingerprint density at radius 3 is 2.38 bits per heavy atom. The fourth-order valence-electron chi connectivity index (χ4n) is 1.70. The van der Waals surface area contributed by atoms with Crippen LogP contribution in [-0.2, 0) is 6.54 Å². The molecule has 1 rings (SSSR count). The minimum absolute atomic E-state index is 0.110. The summed E-state index contributed by atoms with van der Waals surface area (Å²) in [5, 5.41) is 2.33. The van der Waals surface area contributed by atoms with Crippen molar-refractivity contribution in [3.05, 3.63) is 29.8 Å². The summed E-state index contributed by atoms with van der Waals surface area (Å²) in [6, 6.07) is 6.94. The van der Waals surface area contributed by atoms with Crippen LogP contribution in [0.4, 0.5) is 17.6 Å². The first-order valence-corrected chi connectivity index (χ1v) is 7.04. The Labute approximate surface area is 122 Å². The zero-order valence-electron chi connectivity index (χ0n) is 12.0. The van der Waals surface area contributed by atoms with Gasteiger partial charge in [-0.25, -0.2) is 8.78 Å². The summed E-state index contributed by atoms with van der Waals surface area (Å²) >= 11 is 0. The second kappa shape index (κ2) is 8.87. The molecule has 120 valence electrons. The van der Waals surface area contributed by atoms with Crippen LogP contribution >= 0.6 is 0 Å². The lowest BCUT2D eigenvalue weighted by Gasteiger charge is -2.15. The SMILES string of the molecule is CCCCCOc1ccc(CNCC(F)(F)C(F)F)cc1. The summed E-state index contributed by atoms with van der Waals surface area (Å²) in [4.78, 5) is 0. The molecule has 0 aliphatic carbocycles. The standard InChI is InChI=1S/C15H21F4NO/c1-2-3-4-9-21-13-7-5-12(6-8-13)10-20-11-15(18,19)14(16)17/h5-8,14,20H,2-4,9-11H2,1H3. The molecule has 1 aromatic carbocycles. The Morgan fingerprint density at radius 2 is 1.81 bits per heavy atom. The Morgan fingerprint density at radius 1 is 1.14 bits per heavy atom. The third-order valence-electron chi connectivity index (χ3n) is 2.95. The molecule has 0 saturated heterocycles. The van der Waals surface area contributed by atoms with Gasteiger partial charge in [-0.15, -0.1) is 0 Å². The van der Waals surface area contributed by atoms with Crippen LogP contribution in [0.2, 0.25) is 0 Å². The predicted molar refractivity (Wildman–Crippen MR) is 74.1 cm³/mol. The minimum atomic E-state index is -4.00. The number of hydrogen-bond donors (Lipinski definition) is 1. The van der Waals surface area contributed by atoms with Gasteiger partial charge in [0, 0.05) is 6.54 Å². The van der Waals surface area contributed by atoms with Crippen LogP contribution in [0.5, 0.6) is 5.75 Å². The van der Waals surface area contributed by atoms with E-state index in [1.54, 1.807) is 24.3 Å². The van der Waals surface area contributed by atoms with Crippen LogP contribution in [-0.4, -0.2) is 25.5 Å². The quantitative estimate of drug-likeness (QED) is 0.515. The number of nitrogens with one attached hydrogen (secondary N) is 1. The maximum atomic E-state index is 12.7. The van der Waals surface area contributed by atoms with E-state index >= 15 is 0 Å². The van der Waals surface area contributed by atoms with Crippen molar-refractivity contribution in [2.24, 2.45) is 0 Å². The van der Waals surface area contributed by atoms with Crippen molar-refractivity contribution in [3.63, 3.8) is 0 Å². The molecule has 0 heterocycles.